The van der Waals surface area contributed by atoms with Crippen LogP contribution in [0.15, 0.2) is 24.3 Å². The summed E-state index contributed by atoms with van der Waals surface area (Å²) >= 11 is 0. The van der Waals surface area contributed by atoms with E-state index < -0.39 is 0 Å². The molecule has 16 heavy (non-hydrogen) atoms. The molecule has 0 aliphatic rings. The molecule has 1 aromatic heterocycles. The number of likely N-dealkylation sites (N-methyl/N-ethyl adjacent to an activating group) is 1. The standard InChI is InChI=1S/C11H13N3O2/c1-14(7-10(15)16-2)11-12-8-5-3-4-6-9(8)13-11/h3-6H,7H2,1-2H3,(H,12,13). The highest BCUT2D eigenvalue weighted by Crippen LogP contribution is 2.15. The van der Waals surface area contributed by atoms with Crippen LogP contribution in [0.1, 0.15) is 0 Å². The Labute approximate surface area is 93.0 Å². The molecule has 0 bridgehead atoms. The van der Waals surface area contributed by atoms with E-state index in [-0.39, 0.29) is 12.5 Å². The summed E-state index contributed by atoms with van der Waals surface area (Å²) < 4.78 is 4.59. The quantitative estimate of drug-likeness (QED) is 0.787. The minimum absolute atomic E-state index is 0.177. The number of rotatable bonds is 3. The third-order valence-corrected chi connectivity index (χ3v) is 2.33. The number of anilines is 1. The molecule has 0 radical (unpaired) electrons. The van der Waals surface area contributed by atoms with E-state index in [0.717, 1.165) is 11.0 Å². The Morgan fingerprint density at radius 1 is 1.50 bits per heavy atom. The van der Waals surface area contributed by atoms with Crippen molar-refractivity contribution in [2.24, 2.45) is 0 Å². The van der Waals surface area contributed by atoms with E-state index in [1.54, 1.807) is 11.9 Å². The van der Waals surface area contributed by atoms with E-state index in [9.17, 15) is 4.79 Å². The minimum atomic E-state index is -0.289. The number of hydrogen-bond donors (Lipinski definition) is 1. The van der Waals surface area contributed by atoms with Gasteiger partial charge < -0.3 is 14.6 Å². The first-order valence-corrected chi connectivity index (χ1v) is 4.93. The summed E-state index contributed by atoms with van der Waals surface area (Å²) in [5.74, 6) is 0.370. The highest BCUT2D eigenvalue weighted by Gasteiger charge is 2.10. The van der Waals surface area contributed by atoms with Crippen LogP contribution < -0.4 is 4.90 Å². The third-order valence-electron chi connectivity index (χ3n) is 2.33. The van der Waals surface area contributed by atoms with Crippen molar-refractivity contribution in [3.8, 4) is 0 Å². The van der Waals surface area contributed by atoms with E-state index in [0.29, 0.717) is 5.95 Å². The van der Waals surface area contributed by atoms with Gasteiger partial charge in [-0.05, 0) is 12.1 Å². The summed E-state index contributed by atoms with van der Waals surface area (Å²) in [6.07, 6.45) is 0. The molecule has 84 valence electrons. The lowest BCUT2D eigenvalue weighted by molar-refractivity contribution is -0.138. The van der Waals surface area contributed by atoms with Gasteiger partial charge in [0, 0.05) is 7.05 Å². The molecule has 2 aromatic rings. The van der Waals surface area contributed by atoms with Gasteiger partial charge in [0.1, 0.15) is 6.54 Å². The summed E-state index contributed by atoms with van der Waals surface area (Å²) in [6, 6.07) is 7.72. The maximum absolute atomic E-state index is 11.1. The summed E-state index contributed by atoms with van der Waals surface area (Å²) in [4.78, 5) is 20.3. The van der Waals surface area contributed by atoms with Crippen molar-refractivity contribution in [3.63, 3.8) is 0 Å². The molecule has 0 spiro atoms. The zero-order valence-corrected chi connectivity index (χ0v) is 9.23. The van der Waals surface area contributed by atoms with Gasteiger partial charge in [-0.1, -0.05) is 12.1 Å². The van der Waals surface area contributed by atoms with E-state index in [1.807, 2.05) is 24.3 Å². The number of nitrogens with zero attached hydrogens (tertiary/aromatic N) is 2. The van der Waals surface area contributed by atoms with Gasteiger partial charge in [0.2, 0.25) is 5.95 Å². The van der Waals surface area contributed by atoms with E-state index in [4.69, 9.17) is 0 Å². The van der Waals surface area contributed by atoms with E-state index in [2.05, 4.69) is 14.7 Å². The average molecular weight is 219 g/mol. The Bertz CT molecular complexity index is 474. The van der Waals surface area contributed by atoms with Gasteiger partial charge in [-0.15, -0.1) is 0 Å². The SMILES string of the molecule is COC(=O)CN(C)c1nc2ccccc2[nH]1. The van der Waals surface area contributed by atoms with Crippen molar-refractivity contribution < 1.29 is 9.53 Å². The van der Waals surface area contributed by atoms with Crippen molar-refractivity contribution in [3.05, 3.63) is 24.3 Å². The van der Waals surface area contributed by atoms with Gasteiger partial charge in [-0.3, -0.25) is 4.79 Å². The smallest absolute Gasteiger partial charge is 0.325 e. The number of para-hydroxylation sites is 2. The number of aromatic nitrogens is 2. The van der Waals surface area contributed by atoms with Gasteiger partial charge in [0.25, 0.3) is 0 Å². The van der Waals surface area contributed by atoms with Crippen molar-refractivity contribution in [1.29, 1.82) is 0 Å². The molecule has 0 atom stereocenters. The number of fused-ring (bicyclic) bond motifs is 1. The molecule has 0 aliphatic carbocycles. The lowest BCUT2D eigenvalue weighted by Gasteiger charge is -2.13. The fourth-order valence-electron chi connectivity index (χ4n) is 1.45. The molecule has 2 rings (SSSR count). The minimum Gasteiger partial charge on any atom is -0.468 e. The van der Waals surface area contributed by atoms with Gasteiger partial charge in [0.15, 0.2) is 0 Å². The average Bonchev–Trinajstić information content (AvgIpc) is 2.72. The van der Waals surface area contributed by atoms with Crippen LogP contribution in [0.25, 0.3) is 11.0 Å². The predicted molar refractivity (Wildman–Crippen MR) is 61.4 cm³/mol. The number of aromatic amines is 1. The van der Waals surface area contributed by atoms with E-state index in [1.165, 1.54) is 7.11 Å². The van der Waals surface area contributed by atoms with Crippen molar-refractivity contribution >= 4 is 23.0 Å². The maximum atomic E-state index is 11.1. The number of esters is 1. The Hall–Kier alpha value is -2.04. The van der Waals surface area contributed by atoms with Crippen LogP contribution in [0.5, 0.6) is 0 Å². The van der Waals surface area contributed by atoms with Gasteiger partial charge in [0.05, 0.1) is 18.1 Å². The topological polar surface area (TPSA) is 58.2 Å². The van der Waals surface area contributed by atoms with Crippen molar-refractivity contribution in [1.82, 2.24) is 9.97 Å². The molecular formula is C11H13N3O2. The van der Waals surface area contributed by atoms with Crippen LogP contribution in [0.4, 0.5) is 5.95 Å². The van der Waals surface area contributed by atoms with Crippen LogP contribution in [-0.2, 0) is 9.53 Å². The molecule has 0 aliphatic heterocycles. The largest absolute Gasteiger partial charge is 0.468 e. The Kier molecular flexibility index (Phi) is 2.76. The second kappa shape index (κ2) is 4.22. The van der Waals surface area contributed by atoms with Gasteiger partial charge >= 0.3 is 5.97 Å². The number of carbonyl (C=O) groups is 1. The fourth-order valence-corrected chi connectivity index (χ4v) is 1.45. The first kappa shape index (κ1) is 10.5. The molecule has 5 nitrogen and oxygen atoms in total. The lowest BCUT2D eigenvalue weighted by Crippen LogP contribution is -2.27. The van der Waals surface area contributed by atoms with Crippen LogP contribution >= 0.6 is 0 Å². The lowest BCUT2D eigenvalue weighted by atomic mass is 10.3. The van der Waals surface area contributed by atoms with Crippen LogP contribution in [0.2, 0.25) is 0 Å². The first-order valence-electron chi connectivity index (χ1n) is 4.93. The number of ether oxygens (including phenoxy) is 1. The number of imidazole rings is 1. The van der Waals surface area contributed by atoms with Crippen molar-refractivity contribution in [2.45, 2.75) is 0 Å². The number of hydrogen-bond acceptors (Lipinski definition) is 4. The summed E-state index contributed by atoms with van der Waals surface area (Å²) in [5.41, 5.74) is 1.84. The zero-order valence-electron chi connectivity index (χ0n) is 9.23. The first-order chi connectivity index (χ1) is 7.70. The molecule has 1 aromatic carbocycles. The molecule has 0 fully saturated rings. The molecule has 5 heteroatoms. The molecule has 0 amide bonds. The number of nitrogens with one attached hydrogen (secondary N) is 1. The Morgan fingerprint density at radius 2 is 2.25 bits per heavy atom. The fraction of sp³-hybridized carbons (Fsp3) is 0.273. The molecule has 1 heterocycles. The summed E-state index contributed by atoms with van der Waals surface area (Å²) in [5, 5.41) is 0. The molecule has 0 unspecified atom stereocenters. The number of carbonyl (C=O) groups excluding carboxylic acids is 1. The second-order valence-corrected chi connectivity index (χ2v) is 3.51. The normalized spacial score (nSPS) is 10.4. The van der Waals surface area contributed by atoms with Gasteiger partial charge in [-0.2, -0.15) is 0 Å². The number of H-pyrrole nitrogens is 1. The molecule has 1 N–H and O–H groups in total. The Morgan fingerprint density at radius 3 is 2.94 bits per heavy atom. The number of benzene rings is 1. The summed E-state index contributed by atoms with van der Waals surface area (Å²) in [7, 11) is 3.16. The highest BCUT2D eigenvalue weighted by molar-refractivity contribution is 5.79. The van der Waals surface area contributed by atoms with Crippen LogP contribution in [-0.4, -0.2) is 36.6 Å². The third kappa shape index (κ3) is 1.98. The van der Waals surface area contributed by atoms with Gasteiger partial charge in [-0.25, -0.2) is 4.98 Å². The molecule has 0 saturated carbocycles. The van der Waals surface area contributed by atoms with E-state index >= 15 is 0 Å². The monoisotopic (exact) mass is 219 g/mol. The second-order valence-electron chi connectivity index (χ2n) is 3.51. The highest BCUT2D eigenvalue weighted by atomic mass is 16.5. The predicted octanol–water partition coefficient (Wildman–Crippen LogP) is 1.17. The van der Waals surface area contributed by atoms with Crippen LogP contribution in [0, 0.1) is 0 Å². The number of methoxy groups -OCH3 is 1. The van der Waals surface area contributed by atoms with Crippen molar-refractivity contribution in [2.75, 3.05) is 25.6 Å². The van der Waals surface area contributed by atoms with Crippen LogP contribution in [0.3, 0.4) is 0 Å². The molecule has 0 saturated heterocycles. The zero-order chi connectivity index (χ0) is 11.5. The molecular weight excluding hydrogens is 206 g/mol. The maximum Gasteiger partial charge on any atom is 0.325 e. The Balaban J connectivity index is 2.23. The summed E-state index contributed by atoms with van der Waals surface area (Å²) in [6.45, 7) is 0.177.